The van der Waals surface area contributed by atoms with Crippen molar-refractivity contribution in [2.75, 3.05) is 13.1 Å². The van der Waals surface area contributed by atoms with Crippen molar-refractivity contribution >= 4 is 11.3 Å². The number of rotatable bonds is 5. The maximum absolute atomic E-state index is 4.47. The molecule has 0 amide bonds. The zero-order valence-electron chi connectivity index (χ0n) is 17.0. The molecule has 0 bridgehead atoms. The minimum Gasteiger partial charge on any atom is -0.289 e. The molecule has 28 heavy (non-hydrogen) atoms. The number of tetrazole rings is 1. The highest BCUT2D eigenvalue weighted by Crippen LogP contribution is 2.35. The molecule has 4 rings (SSSR count). The van der Waals surface area contributed by atoms with Gasteiger partial charge in [-0.05, 0) is 86.5 Å². The Kier molecular flexibility index (Phi) is 5.60. The average molecular weight is 396 g/mol. The minimum absolute atomic E-state index is 0.131. The van der Waals surface area contributed by atoms with Crippen LogP contribution in [0.5, 0.6) is 0 Å². The maximum Gasteiger partial charge on any atom is 0.174 e. The van der Waals surface area contributed by atoms with E-state index in [0.29, 0.717) is 0 Å². The van der Waals surface area contributed by atoms with Crippen molar-refractivity contribution in [3.8, 4) is 0 Å². The van der Waals surface area contributed by atoms with Gasteiger partial charge >= 0.3 is 0 Å². The van der Waals surface area contributed by atoms with E-state index in [9.17, 15) is 0 Å². The smallest absolute Gasteiger partial charge is 0.174 e. The molecule has 6 heteroatoms. The highest BCUT2D eigenvalue weighted by Gasteiger charge is 2.34. The van der Waals surface area contributed by atoms with Gasteiger partial charge in [0.15, 0.2) is 5.82 Å². The Morgan fingerprint density at radius 1 is 1.07 bits per heavy atom. The molecule has 1 aromatic carbocycles. The van der Waals surface area contributed by atoms with Gasteiger partial charge in [0.2, 0.25) is 0 Å². The molecule has 1 fully saturated rings. The average Bonchev–Trinajstić information content (AvgIpc) is 3.37. The summed E-state index contributed by atoms with van der Waals surface area (Å²) in [5.41, 5.74) is 1.31. The fourth-order valence-corrected chi connectivity index (χ4v) is 4.98. The van der Waals surface area contributed by atoms with Crippen molar-refractivity contribution < 1.29 is 0 Å². The Labute approximate surface area is 171 Å². The molecule has 0 saturated carbocycles. The third-order valence-electron chi connectivity index (χ3n) is 5.57. The second-order valence-corrected chi connectivity index (χ2v) is 9.69. The summed E-state index contributed by atoms with van der Waals surface area (Å²) in [6.07, 6.45) is 3.61. The number of hydrogen-bond acceptors (Lipinski definition) is 5. The lowest BCUT2D eigenvalue weighted by Crippen LogP contribution is -2.40. The summed E-state index contributed by atoms with van der Waals surface area (Å²) >= 11 is 1.80. The van der Waals surface area contributed by atoms with Crippen LogP contribution in [0.4, 0.5) is 0 Å². The Bertz CT molecular complexity index is 858. The maximum atomic E-state index is 4.47. The van der Waals surface area contributed by atoms with E-state index in [1.165, 1.54) is 29.7 Å². The normalized spacial score (nSPS) is 17.7. The molecule has 0 spiro atoms. The molecule has 3 heterocycles. The van der Waals surface area contributed by atoms with Gasteiger partial charge in [0.05, 0.1) is 5.54 Å². The number of hydrogen-bond donors (Lipinski definition) is 0. The summed E-state index contributed by atoms with van der Waals surface area (Å²) < 4.78 is 1.99. The lowest BCUT2D eigenvalue weighted by Gasteiger charge is -2.37. The summed E-state index contributed by atoms with van der Waals surface area (Å²) in [4.78, 5) is 3.89. The lowest BCUT2D eigenvalue weighted by atomic mass is 9.89. The van der Waals surface area contributed by atoms with Crippen molar-refractivity contribution in [2.24, 2.45) is 5.92 Å². The second-order valence-electron chi connectivity index (χ2n) is 8.71. The molecular formula is C22H29N5S. The standard InChI is InChI=1S/C22H29N5S/c1-22(2,3)27-21(23-24-25-27)20(19-10-7-15-28-19)26-13-11-18(12-14-26)16-17-8-5-4-6-9-17/h4-10,15,18,20H,11-14,16H2,1-3H3/t20-/m1/s1. The summed E-state index contributed by atoms with van der Waals surface area (Å²) in [6, 6.07) is 15.3. The fourth-order valence-electron chi connectivity index (χ4n) is 4.12. The Balaban J connectivity index is 1.53. The number of aromatic nitrogens is 4. The molecule has 0 aliphatic carbocycles. The molecule has 3 aromatic rings. The Hall–Kier alpha value is -2.05. The van der Waals surface area contributed by atoms with Gasteiger partial charge in [0.25, 0.3) is 0 Å². The topological polar surface area (TPSA) is 46.8 Å². The third kappa shape index (κ3) is 4.18. The first kappa shape index (κ1) is 19.3. The quantitative estimate of drug-likeness (QED) is 0.637. The number of thiophene rings is 1. The molecule has 1 atom stereocenters. The van der Waals surface area contributed by atoms with E-state index >= 15 is 0 Å². The van der Waals surface area contributed by atoms with Crippen LogP contribution in [0.25, 0.3) is 0 Å². The van der Waals surface area contributed by atoms with E-state index in [4.69, 9.17) is 0 Å². The van der Waals surface area contributed by atoms with Gasteiger partial charge in [-0.3, -0.25) is 4.90 Å². The van der Waals surface area contributed by atoms with E-state index in [-0.39, 0.29) is 11.6 Å². The van der Waals surface area contributed by atoms with Gasteiger partial charge in [0, 0.05) is 4.88 Å². The predicted octanol–water partition coefficient (Wildman–Crippen LogP) is 4.53. The molecule has 0 unspecified atom stereocenters. The van der Waals surface area contributed by atoms with E-state index in [0.717, 1.165) is 24.8 Å². The molecule has 1 saturated heterocycles. The number of benzene rings is 1. The summed E-state index contributed by atoms with van der Waals surface area (Å²) in [7, 11) is 0. The first-order valence-corrected chi connectivity index (χ1v) is 11.0. The van der Waals surface area contributed by atoms with Crippen LogP contribution in [-0.2, 0) is 12.0 Å². The number of likely N-dealkylation sites (tertiary alicyclic amines) is 1. The highest BCUT2D eigenvalue weighted by atomic mass is 32.1. The summed E-state index contributed by atoms with van der Waals surface area (Å²) in [5.74, 6) is 1.71. The van der Waals surface area contributed by atoms with Crippen molar-refractivity contribution in [3.63, 3.8) is 0 Å². The molecule has 0 N–H and O–H groups in total. The molecule has 148 valence electrons. The SMILES string of the molecule is CC(C)(C)n1nnnc1[C@@H](c1cccs1)N1CCC(Cc2ccccc2)CC1. The van der Waals surface area contributed by atoms with E-state index in [1.54, 1.807) is 11.3 Å². The van der Waals surface area contributed by atoms with Gasteiger partial charge in [-0.2, -0.15) is 0 Å². The van der Waals surface area contributed by atoms with Crippen LogP contribution >= 0.6 is 11.3 Å². The summed E-state index contributed by atoms with van der Waals surface area (Å²) in [5, 5.41) is 15.0. The number of nitrogens with zero attached hydrogens (tertiary/aromatic N) is 5. The van der Waals surface area contributed by atoms with Crippen LogP contribution in [-0.4, -0.2) is 38.2 Å². The van der Waals surface area contributed by atoms with E-state index in [1.807, 2.05) is 4.68 Å². The largest absolute Gasteiger partial charge is 0.289 e. The van der Waals surface area contributed by atoms with Crippen LogP contribution in [0.2, 0.25) is 0 Å². The predicted molar refractivity (Wildman–Crippen MR) is 113 cm³/mol. The first-order valence-electron chi connectivity index (χ1n) is 10.1. The van der Waals surface area contributed by atoms with Gasteiger partial charge in [-0.25, -0.2) is 4.68 Å². The van der Waals surface area contributed by atoms with Crippen molar-refractivity contribution in [1.29, 1.82) is 0 Å². The molecule has 2 aromatic heterocycles. The van der Waals surface area contributed by atoms with E-state index < -0.39 is 0 Å². The second kappa shape index (κ2) is 8.13. The first-order chi connectivity index (χ1) is 13.5. The zero-order chi connectivity index (χ0) is 19.6. The molecular weight excluding hydrogens is 366 g/mol. The monoisotopic (exact) mass is 395 g/mol. The fraction of sp³-hybridized carbons (Fsp3) is 0.500. The van der Waals surface area contributed by atoms with Crippen molar-refractivity contribution in [3.05, 3.63) is 64.1 Å². The van der Waals surface area contributed by atoms with Crippen molar-refractivity contribution in [1.82, 2.24) is 25.1 Å². The minimum atomic E-state index is -0.139. The molecule has 1 aliphatic rings. The summed E-state index contributed by atoms with van der Waals surface area (Å²) in [6.45, 7) is 8.63. The van der Waals surface area contributed by atoms with Crippen LogP contribution in [0.15, 0.2) is 47.8 Å². The molecule has 0 radical (unpaired) electrons. The van der Waals surface area contributed by atoms with Crippen LogP contribution in [0.3, 0.4) is 0 Å². The zero-order valence-corrected chi connectivity index (χ0v) is 17.8. The van der Waals surface area contributed by atoms with E-state index in [2.05, 4.69) is 89.0 Å². The number of piperidine rings is 1. The van der Waals surface area contributed by atoms with Gasteiger partial charge in [0.1, 0.15) is 6.04 Å². The lowest BCUT2D eigenvalue weighted by molar-refractivity contribution is 0.141. The molecule has 1 aliphatic heterocycles. The van der Waals surface area contributed by atoms with Gasteiger partial charge in [-0.1, -0.05) is 36.4 Å². The van der Waals surface area contributed by atoms with Crippen LogP contribution in [0, 0.1) is 5.92 Å². The Morgan fingerprint density at radius 2 is 1.82 bits per heavy atom. The molecule has 5 nitrogen and oxygen atoms in total. The van der Waals surface area contributed by atoms with Crippen molar-refractivity contribution in [2.45, 2.75) is 51.6 Å². The Morgan fingerprint density at radius 3 is 2.46 bits per heavy atom. The van der Waals surface area contributed by atoms with Gasteiger partial charge in [-0.15, -0.1) is 16.4 Å². The van der Waals surface area contributed by atoms with Gasteiger partial charge < -0.3 is 0 Å². The van der Waals surface area contributed by atoms with Crippen LogP contribution < -0.4 is 0 Å². The third-order valence-corrected chi connectivity index (χ3v) is 6.49. The highest BCUT2D eigenvalue weighted by molar-refractivity contribution is 7.10. The van der Waals surface area contributed by atoms with Crippen LogP contribution in [0.1, 0.15) is 55.9 Å².